The third kappa shape index (κ3) is 9.39. The van der Waals surface area contributed by atoms with Crippen LogP contribution in [0.3, 0.4) is 0 Å². The van der Waals surface area contributed by atoms with Crippen LogP contribution in [0.15, 0.2) is 84.9 Å². The molecule has 2 aliphatic heterocycles. The van der Waals surface area contributed by atoms with Gasteiger partial charge in [-0.25, -0.2) is 8.78 Å². The van der Waals surface area contributed by atoms with Gasteiger partial charge in [-0.1, -0.05) is 48.5 Å². The number of hydrogen-bond acceptors (Lipinski definition) is 9. The summed E-state index contributed by atoms with van der Waals surface area (Å²) in [5, 5.41) is 40.1. The minimum Gasteiger partial charge on any atom is -0.508 e. The molecule has 2 saturated heterocycles. The van der Waals surface area contributed by atoms with Crippen LogP contribution in [-0.4, -0.2) is 100 Å². The smallest absolute Gasteiger partial charge is 0.167 e. The molecule has 4 N–H and O–H groups in total. The van der Waals surface area contributed by atoms with Gasteiger partial charge in [-0.3, -0.25) is 14.4 Å². The second-order valence-electron chi connectivity index (χ2n) is 16.0. The summed E-state index contributed by atoms with van der Waals surface area (Å²) in [7, 11) is 0. The second-order valence-corrected chi connectivity index (χ2v) is 16.0. The van der Waals surface area contributed by atoms with Crippen molar-refractivity contribution >= 4 is 17.3 Å². The molecule has 2 heterocycles. The molecule has 2 aliphatic rings. The average molecular weight is 797 g/mol. The predicted molar refractivity (Wildman–Crippen MR) is 217 cm³/mol. The molecule has 6 atom stereocenters. The number of nitrogens with zero attached hydrogens (tertiary/aromatic N) is 2. The van der Waals surface area contributed by atoms with E-state index in [9.17, 15) is 30.0 Å². The van der Waals surface area contributed by atoms with Gasteiger partial charge < -0.3 is 30.2 Å². The summed E-state index contributed by atoms with van der Waals surface area (Å²) in [5.74, 6) is -7.04. The van der Waals surface area contributed by atoms with Crippen LogP contribution in [0.4, 0.5) is 8.78 Å². The molecule has 3 unspecified atom stereocenters. The van der Waals surface area contributed by atoms with E-state index in [1.54, 1.807) is 62.4 Å². The zero-order valence-electron chi connectivity index (χ0n) is 33.2. The SMILES string of the molecule is Cc1c(F)cccc1C1C(C(=O)c2cccc(O)c2)CN(CCCCO)CC1C(=O)[C@@H]1CN(CCCCO)C[C@H](C(=O)c2cccc(O)c2)[C@@H]1c1cccc(F)c1C. The number of aliphatic hydroxyl groups is 2. The van der Waals surface area contributed by atoms with Crippen LogP contribution in [0, 0.1) is 49.2 Å². The van der Waals surface area contributed by atoms with Crippen molar-refractivity contribution in [1.29, 1.82) is 0 Å². The van der Waals surface area contributed by atoms with E-state index in [2.05, 4.69) is 0 Å². The number of aromatic hydroxyl groups is 2. The monoisotopic (exact) mass is 796 g/mol. The minimum atomic E-state index is -0.884. The number of rotatable bonds is 16. The Bertz CT molecular complexity index is 1950. The Hall–Kier alpha value is -4.81. The molecule has 9 nitrogen and oxygen atoms in total. The highest BCUT2D eigenvalue weighted by molar-refractivity contribution is 6.01. The van der Waals surface area contributed by atoms with Crippen LogP contribution in [0.1, 0.15) is 80.5 Å². The third-order valence-electron chi connectivity index (χ3n) is 12.3. The summed E-state index contributed by atoms with van der Waals surface area (Å²) in [6.45, 7) is 5.11. The number of carbonyl (C=O) groups is 3. The Morgan fingerprint density at radius 3 is 1.33 bits per heavy atom. The largest absolute Gasteiger partial charge is 0.508 e. The van der Waals surface area contributed by atoms with Gasteiger partial charge >= 0.3 is 0 Å². The van der Waals surface area contributed by atoms with Crippen molar-refractivity contribution in [2.45, 2.75) is 51.4 Å². The molecule has 58 heavy (non-hydrogen) atoms. The lowest BCUT2D eigenvalue weighted by Gasteiger charge is -2.48. The fourth-order valence-corrected chi connectivity index (χ4v) is 9.42. The Balaban J connectivity index is 1.54. The van der Waals surface area contributed by atoms with E-state index >= 15 is 13.6 Å². The number of unbranched alkanes of at least 4 members (excludes halogenated alkanes) is 2. The fourth-order valence-electron chi connectivity index (χ4n) is 9.42. The molecule has 0 aliphatic carbocycles. The third-order valence-corrected chi connectivity index (χ3v) is 12.3. The van der Waals surface area contributed by atoms with E-state index in [1.807, 2.05) is 9.80 Å². The fraction of sp³-hybridized carbons (Fsp3) is 0.426. The summed E-state index contributed by atoms with van der Waals surface area (Å²) in [6.07, 6.45) is 2.22. The maximum absolute atomic E-state index is 16.0. The summed E-state index contributed by atoms with van der Waals surface area (Å²) in [6, 6.07) is 21.5. The van der Waals surface area contributed by atoms with Gasteiger partial charge in [-0.15, -0.1) is 0 Å². The van der Waals surface area contributed by atoms with Crippen LogP contribution in [0.2, 0.25) is 0 Å². The van der Waals surface area contributed by atoms with Crippen molar-refractivity contribution in [1.82, 2.24) is 9.80 Å². The molecule has 6 rings (SSSR count). The van der Waals surface area contributed by atoms with Crippen molar-refractivity contribution in [3.63, 3.8) is 0 Å². The molecule has 11 heteroatoms. The van der Waals surface area contributed by atoms with Crippen LogP contribution in [0.25, 0.3) is 0 Å². The van der Waals surface area contributed by atoms with Gasteiger partial charge in [0.2, 0.25) is 0 Å². The van der Waals surface area contributed by atoms with Crippen molar-refractivity contribution in [2.75, 3.05) is 52.5 Å². The number of carbonyl (C=O) groups excluding carboxylic acids is 3. The van der Waals surface area contributed by atoms with Gasteiger partial charge in [0.15, 0.2) is 11.6 Å². The van der Waals surface area contributed by atoms with E-state index < -0.39 is 47.1 Å². The highest BCUT2D eigenvalue weighted by Gasteiger charge is 2.51. The lowest BCUT2D eigenvalue weighted by atomic mass is 9.62. The Kier molecular flexibility index (Phi) is 14.2. The van der Waals surface area contributed by atoms with Gasteiger partial charge in [0.05, 0.1) is 0 Å². The molecule has 0 amide bonds. The summed E-state index contributed by atoms with van der Waals surface area (Å²) in [4.78, 5) is 49.5. The molecule has 0 saturated carbocycles. The van der Waals surface area contributed by atoms with Crippen molar-refractivity contribution < 1.29 is 43.6 Å². The first-order valence-electron chi connectivity index (χ1n) is 20.3. The Labute approximate surface area is 338 Å². The number of phenolic OH excluding ortho intramolecular Hbond substituents is 2. The number of ketones is 3. The Morgan fingerprint density at radius 1 is 0.569 bits per heavy atom. The number of Topliss-reactive ketones (excluding diaryl/α,β-unsaturated/α-hetero) is 3. The molecular formula is C47H54F2N2O7. The van der Waals surface area contributed by atoms with Crippen LogP contribution < -0.4 is 0 Å². The van der Waals surface area contributed by atoms with Crippen LogP contribution in [-0.2, 0) is 4.79 Å². The topological polar surface area (TPSA) is 139 Å². The molecule has 4 aromatic carbocycles. The highest BCUT2D eigenvalue weighted by Crippen LogP contribution is 2.48. The van der Waals surface area contributed by atoms with Crippen LogP contribution in [0.5, 0.6) is 11.5 Å². The normalized spacial score (nSPS) is 22.8. The molecule has 308 valence electrons. The highest BCUT2D eigenvalue weighted by atomic mass is 19.1. The first kappa shape index (κ1) is 42.8. The first-order valence-corrected chi connectivity index (χ1v) is 20.3. The summed E-state index contributed by atoms with van der Waals surface area (Å²) < 4.78 is 31.1. The summed E-state index contributed by atoms with van der Waals surface area (Å²) in [5.41, 5.74) is 2.19. The van der Waals surface area contributed by atoms with Gasteiger partial charge in [-0.2, -0.15) is 0 Å². The average Bonchev–Trinajstić information content (AvgIpc) is 3.22. The van der Waals surface area contributed by atoms with Crippen molar-refractivity contribution in [3.8, 4) is 11.5 Å². The summed E-state index contributed by atoms with van der Waals surface area (Å²) >= 11 is 0. The van der Waals surface area contributed by atoms with E-state index in [1.165, 1.54) is 36.4 Å². The molecular weight excluding hydrogens is 743 g/mol. The zero-order valence-corrected chi connectivity index (χ0v) is 33.2. The lowest BCUT2D eigenvalue weighted by molar-refractivity contribution is -0.133. The zero-order chi connectivity index (χ0) is 41.5. The Morgan fingerprint density at radius 2 is 0.948 bits per heavy atom. The standard InChI is InChI=1S/C47H54F2N2O7/c1-29-35(15-9-17-41(29)48)43-37(45(56)31-11-7-13-33(54)23-31)25-50(19-3-5-21-52)27-39(43)47(58)40-28-51(20-4-6-22-53)26-38(46(57)32-12-8-14-34(55)24-32)44(40)36-16-10-18-42(49)30(36)2/h7-18,23-24,37-40,43-44,52-55H,3-6,19-22,25-28H2,1-2H3/t37-,38?,39+,40?,43-,44?/m0/s1. The van der Waals surface area contributed by atoms with E-state index in [-0.39, 0.29) is 79.4 Å². The van der Waals surface area contributed by atoms with Crippen molar-refractivity contribution in [2.24, 2.45) is 23.7 Å². The van der Waals surface area contributed by atoms with Gasteiger partial charge in [0, 0.05) is 86.0 Å². The second kappa shape index (κ2) is 19.3. The molecule has 0 aromatic heterocycles. The number of likely N-dealkylation sites (tertiary alicyclic amines) is 2. The molecule has 0 bridgehead atoms. The van der Waals surface area contributed by atoms with Gasteiger partial charge in [0.1, 0.15) is 28.9 Å². The number of hydrogen-bond donors (Lipinski definition) is 4. The van der Waals surface area contributed by atoms with Crippen molar-refractivity contribution in [3.05, 3.63) is 130 Å². The number of piperidine rings is 2. The molecule has 0 spiro atoms. The number of aliphatic hydroxyl groups excluding tert-OH is 2. The lowest BCUT2D eigenvalue weighted by Crippen LogP contribution is -2.56. The minimum absolute atomic E-state index is 0.0234. The maximum atomic E-state index is 16.0. The molecule has 2 fully saturated rings. The van der Waals surface area contributed by atoms with E-state index in [0.29, 0.717) is 61.0 Å². The predicted octanol–water partition coefficient (Wildman–Crippen LogP) is 6.84. The van der Waals surface area contributed by atoms with E-state index in [4.69, 9.17) is 0 Å². The molecule has 4 aromatic rings. The van der Waals surface area contributed by atoms with Crippen LogP contribution >= 0.6 is 0 Å². The number of halogens is 2. The first-order chi connectivity index (χ1) is 27.9. The number of benzene rings is 4. The maximum Gasteiger partial charge on any atom is 0.167 e. The van der Waals surface area contributed by atoms with Gasteiger partial charge in [-0.05, 0) is 111 Å². The quantitative estimate of drug-likeness (QED) is 0.0710. The molecule has 0 radical (unpaired) electrons. The van der Waals surface area contributed by atoms with Gasteiger partial charge in [0.25, 0.3) is 0 Å². The van der Waals surface area contributed by atoms with E-state index in [0.717, 1.165) is 0 Å². The number of phenols is 2.